The molecule has 0 spiro atoms. The van der Waals surface area contributed by atoms with Crippen molar-refractivity contribution < 1.29 is 26.3 Å². The zero-order valence-electron chi connectivity index (χ0n) is 18.0. The number of fused-ring (bicyclic) bond motifs is 1. The molecule has 31 heavy (non-hydrogen) atoms. The van der Waals surface area contributed by atoms with Crippen LogP contribution < -0.4 is 14.4 Å². The molecular formula is C22H27F3N2O3S. The highest BCUT2D eigenvalue weighted by Crippen LogP contribution is 2.33. The number of benzene rings is 2. The summed E-state index contributed by atoms with van der Waals surface area (Å²) in [5, 5.41) is 0. The molecule has 1 unspecified atom stereocenters. The summed E-state index contributed by atoms with van der Waals surface area (Å²) < 4.78 is 74.8. The normalized spacial score (nSPS) is 15.5. The van der Waals surface area contributed by atoms with Crippen LogP contribution in [0.4, 0.5) is 18.9 Å². The number of methoxy groups -OCH3 is 1. The lowest BCUT2D eigenvalue weighted by molar-refractivity contribution is -0.149. The van der Waals surface area contributed by atoms with E-state index < -0.39 is 28.8 Å². The molecule has 5 nitrogen and oxygen atoms in total. The van der Waals surface area contributed by atoms with E-state index in [0.29, 0.717) is 35.5 Å². The molecule has 1 N–H and O–H groups in total. The number of anilines is 1. The predicted octanol–water partition coefficient (Wildman–Crippen LogP) is 4.28. The molecule has 0 aromatic heterocycles. The molecule has 0 saturated heterocycles. The Morgan fingerprint density at radius 2 is 1.77 bits per heavy atom. The van der Waals surface area contributed by atoms with Crippen LogP contribution in [-0.2, 0) is 16.4 Å². The molecule has 2 aromatic carbocycles. The number of alkyl halides is 3. The zero-order chi connectivity index (χ0) is 23.0. The van der Waals surface area contributed by atoms with Gasteiger partial charge in [-0.1, -0.05) is 17.7 Å². The molecule has 1 aliphatic heterocycles. The molecule has 0 saturated carbocycles. The van der Waals surface area contributed by atoms with Crippen molar-refractivity contribution in [3.8, 4) is 5.75 Å². The van der Waals surface area contributed by atoms with Crippen molar-refractivity contribution in [2.75, 3.05) is 25.1 Å². The maximum atomic E-state index is 13.9. The number of nitrogens with one attached hydrogen (secondary N) is 1. The van der Waals surface area contributed by atoms with E-state index in [1.807, 2.05) is 17.7 Å². The Hall–Kier alpha value is -2.26. The summed E-state index contributed by atoms with van der Waals surface area (Å²) in [6, 6.07) is 6.29. The SMILES string of the molecule is COc1ccc2c(c1)CCCN2CC(NS(=O)(=O)c1c(C)cc(C)cc1C)C(F)(F)F. The molecule has 3 rings (SSSR count). The standard InChI is InChI=1S/C22H27F3N2O3S/c1-14-10-15(2)21(16(3)11-14)31(28,29)26-20(22(23,24)25)13-27-9-5-6-17-12-18(30-4)7-8-19(17)27/h7-8,10-12,20,26H,5-6,9,13H2,1-4H3. The molecule has 0 radical (unpaired) electrons. The molecule has 1 heterocycles. The van der Waals surface area contributed by atoms with Gasteiger partial charge in [0.2, 0.25) is 10.0 Å². The van der Waals surface area contributed by atoms with E-state index in [-0.39, 0.29) is 4.90 Å². The van der Waals surface area contributed by atoms with Crippen molar-refractivity contribution in [2.24, 2.45) is 0 Å². The lowest BCUT2D eigenvalue weighted by Crippen LogP contribution is -2.53. The number of hydrogen-bond donors (Lipinski definition) is 1. The molecule has 2 aromatic rings. The van der Waals surface area contributed by atoms with E-state index in [1.54, 1.807) is 43.0 Å². The minimum atomic E-state index is -4.75. The van der Waals surface area contributed by atoms with Gasteiger partial charge in [-0.15, -0.1) is 0 Å². The minimum absolute atomic E-state index is 0.101. The van der Waals surface area contributed by atoms with Gasteiger partial charge in [-0.25, -0.2) is 8.42 Å². The summed E-state index contributed by atoms with van der Waals surface area (Å²) in [6.45, 7) is 4.89. The van der Waals surface area contributed by atoms with Crippen molar-refractivity contribution in [2.45, 2.75) is 50.7 Å². The number of rotatable bonds is 6. The number of sulfonamides is 1. The van der Waals surface area contributed by atoms with E-state index >= 15 is 0 Å². The lowest BCUT2D eigenvalue weighted by Gasteiger charge is -2.35. The number of aryl methyl sites for hydroxylation is 4. The largest absolute Gasteiger partial charge is 0.497 e. The van der Waals surface area contributed by atoms with Crippen molar-refractivity contribution in [1.82, 2.24) is 4.72 Å². The first-order valence-electron chi connectivity index (χ1n) is 10.0. The second kappa shape index (κ2) is 8.70. The van der Waals surface area contributed by atoms with Gasteiger partial charge in [-0.3, -0.25) is 0 Å². The average Bonchev–Trinajstić information content (AvgIpc) is 2.65. The molecular weight excluding hydrogens is 429 g/mol. The third-order valence-corrected chi connectivity index (χ3v) is 7.25. The molecule has 9 heteroatoms. The van der Waals surface area contributed by atoms with Gasteiger partial charge >= 0.3 is 6.18 Å². The summed E-state index contributed by atoms with van der Waals surface area (Å²) >= 11 is 0. The Morgan fingerprint density at radius 3 is 2.35 bits per heavy atom. The fourth-order valence-electron chi connectivity index (χ4n) is 4.23. The first-order chi connectivity index (χ1) is 14.4. The van der Waals surface area contributed by atoms with E-state index in [0.717, 1.165) is 17.5 Å². The van der Waals surface area contributed by atoms with Gasteiger partial charge < -0.3 is 9.64 Å². The van der Waals surface area contributed by atoms with Crippen molar-refractivity contribution in [1.29, 1.82) is 0 Å². The van der Waals surface area contributed by atoms with Gasteiger partial charge in [0, 0.05) is 18.8 Å². The highest BCUT2D eigenvalue weighted by molar-refractivity contribution is 7.89. The molecule has 0 fully saturated rings. The van der Waals surface area contributed by atoms with Crippen LogP contribution in [0.1, 0.15) is 28.7 Å². The Balaban J connectivity index is 1.92. The van der Waals surface area contributed by atoms with E-state index in [1.165, 1.54) is 7.11 Å². The maximum absolute atomic E-state index is 13.9. The number of hydrogen-bond acceptors (Lipinski definition) is 4. The predicted molar refractivity (Wildman–Crippen MR) is 114 cm³/mol. The third-order valence-electron chi connectivity index (χ3n) is 5.47. The van der Waals surface area contributed by atoms with Crippen molar-refractivity contribution in [3.05, 3.63) is 52.6 Å². The smallest absolute Gasteiger partial charge is 0.406 e. The summed E-state index contributed by atoms with van der Waals surface area (Å²) in [5.41, 5.74) is 3.24. The summed E-state index contributed by atoms with van der Waals surface area (Å²) in [7, 11) is -2.84. The van der Waals surface area contributed by atoms with Crippen LogP contribution in [0, 0.1) is 20.8 Å². The van der Waals surface area contributed by atoms with Crippen LogP contribution in [-0.4, -0.2) is 40.8 Å². The zero-order valence-corrected chi connectivity index (χ0v) is 18.8. The van der Waals surface area contributed by atoms with Crippen LogP contribution in [0.5, 0.6) is 5.75 Å². The quantitative estimate of drug-likeness (QED) is 0.705. The summed E-state index contributed by atoms with van der Waals surface area (Å²) in [4.78, 5) is 1.49. The third kappa shape index (κ3) is 5.15. The van der Waals surface area contributed by atoms with Crippen molar-refractivity contribution in [3.63, 3.8) is 0 Å². The first-order valence-corrected chi connectivity index (χ1v) is 11.5. The minimum Gasteiger partial charge on any atom is -0.497 e. The Morgan fingerprint density at radius 1 is 1.13 bits per heavy atom. The average molecular weight is 457 g/mol. The first kappa shape index (κ1) is 23.4. The Bertz CT molecular complexity index is 1050. The highest BCUT2D eigenvalue weighted by atomic mass is 32.2. The number of nitrogens with zero attached hydrogens (tertiary/aromatic N) is 1. The van der Waals surface area contributed by atoms with Gasteiger partial charge in [0.1, 0.15) is 11.8 Å². The van der Waals surface area contributed by atoms with Crippen LogP contribution in [0.3, 0.4) is 0 Å². The fraction of sp³-hybridized carbons (Fsp3) is 0.455. The van der Waals surface area contributed by atoms with Crippen LogP contribution >= 0.6 is 0 Å². The molecule has 0 bridgehead atoms. The van der Waals surface area contributed by atoms with Gasteiger partial charge in [-0.05, 0) is 68.5 Å². The highest BCUT2D eigenvalue weighted by Gasteiger charge is 2.44. The number of halogens is 3. The Kier molecular flexibility index (Phi) is 6.57. The molecule has 1 aliphatic rings. The van der Waals surface area contributed by atoms with Gasteiger partial charge in [-0.2, -0.15) is 17.9 Å². The Labute approximate surface area is 181 Å². The van der Waals surface area contributed by atoms with Gasteiger partial charge in [0.05, 0.1) is 12.0 Å². The fourth-order valence-corrected chi connectivity index (χ4v) is 5.90. The van der Waals surface area contributed by atoms with Crippen LogP contribution in [0.15, 0.2) is 35.2 Å². The molecule has 0 aliphatic carbocycles. The summed E-state index contributed by atoms with van der Waals surface area (Å²) in [6.07, 6.45) is -3.34. The second-order valence-electron chi connectivity index (χ2n) is 7.99. The van der Waals surface area contributed by atoms with E-state index in [2.05, 4.69) is 0 Å². The summed E-state index contributed by atoms with van der Waals surface area (Å²) in [5.74, 6) is 0.638. The lowest BCUT2D eigenvalue weighted by atomic mass is 10.0. The van der Waals surface area contributed by atoms with E-state index in [4.69, 9.17) is 4.74 Å². The monoisotopic (exact) mass is 456 g/mol. The number of ether oxygens (including phenoxy) is 1. The maximum Gasteiger partial charge on any atom is 0.406 e. The van der Waals surface area contributed by atoms with Crippen LogP contribution in [0.2, 0.25) is 0 Å². The van der Waals surface area contributed by atoms with Gasteiger partial charge in [0.25, 0.3) is 0 Å². The molecule has 170 valence electrons. The molecule has 1 atom stereocenters. The van der Waals surface area contributed by atoms with Crippen molar-refractivity contribution >= 4 is 15.7 Å². The van der Waals surface area contributed by atoms with Gasteiger partial charge in [0.15, 0.2) is 0 Å². The molecule has 0 amide bonds. The van der Waals surface area contributed by atoms with E-state index in [9.17, 15) is 21.6 Å². The van der Waals surface area contributed by atoms with Crippen LogP contribution in [0.25, 0.3) is 0 Å². The second-order valence-corrected chi connectivity index (χ2v) is 9.64. The topological polar surface area (TPSA) is 58.6 Å².